The molecule has 28 heavy (non-hydrogen) atoms. The minimum atomic E-state index is -0.177. The average Bonchev–Trinajstić information content (AvgIpc) is 3.04. The van der Waals surface area contributed by atoms with Gasteiger partial charge in [-0.15, -0.1) is 0 Å². The summed E-state index contributed by atoms with van der Waals surface area (Å²) in [6.45, 7) is 1.97. The Morgan fingerprint density at radius 3 is 2.29 bits per heavy atom. The predicted molar refractivity (Wildman–Crippen MR) is 108 cm³/mol. The number of para-hydroxylation sites is 2. The fourth-order valence-corrected chi connectivity index (χ4v) is 3.07. The highest BCUT2D eigenvalue weighted by Crippen LogP contribution is 2.37. The number of nitrogens with zero attached hydrogens (tertiary/aromatic N) is 4. The zero-order valence-corrected chi connectivity index (χ0v) is 16.0. The van der Waals surface area contributed by atoms with Crippen molar-refractivity contribution in [1.82, 2.24) is 19.6 Å². The van der Waals surface area contributed by atoms with Crippen LogP contribution >= 0.6 is 0 Å². The zero-order valence-electron chi connectivity index (χ0n) is 16.0. The van der Waals surface area contributed by atoms with Crippen LogP contribution in [0.15, 0.2) is 71.7 Å². The number of hydrogen-bond donors (Lipinski definition) is 0. The van der Waals surface area contributed by atoms with Crippen molar-refractivity contribution in [3.8, 4) is 33.9 Å². The van der Waals surface area contributed by atoms with E-state index in [4.69, 9.17) is 4.74 Å². The van der Waals surface area contributed by atoms with Crippen molar-refractivity contribution in [2.45, 2.75) is 6.92 Å². The third kappa shape index (κ3) is 3.20. The van der Waals surface area contributed by atoms with Gasteiger partial charge in [-0.05, 0) is 31.2 Å². The molecule has 2 aromatic heterocycles. The first kappa shape index (κ1) is 17.7. The van der Waals surface area contributed by atoms with Crippen LogP contribution in [0.3, 0.4) is 0 Å². The summed E-state index contributed by atoms with van der Waals surface area (Å²) in [5.41, 5.74) is 3.86. The van der Waals surface area contributed by atoms with Gasteiger partial charge in [-0.3, -0.25) is 9.48 Å². The first-order valence-corrected chi connectivity index (χ1v) is 8.94. The lowest BCUT2D eigenvalue weighted by Crippen LogP contribution is -2.19. The van der Waals surface area contributed by atoms with Gasteiger partial charge >= 0.3 is 0 Å². The molecule has 2 aromatic carbocycles. The first-order valence-electron chi connectivity index (χ1n) is 8.94. The number of benzene rings is 2. The van der Waals surface area contributed by atoms with E-state index in [2.05, 4.69) is 10.2 Å². The highest BCUT2D eigenvalue weighted by molar-refractivity contribution is 5.83. The Kier molecular flexibility index (Phi) is 4.53. The smallest absolute Gasteiger partial charge is 0.267 e. The summed E-state index contributed by atoms with van der Waals surface area (Å²) in [6, 6.07) is 18.9. The van der Waals surface area contributed by atoms with Gasteiger partial charge in [0.05, 0.1) is 6.20 Å². The van der Waals surface area contributed by atoms with Crippen LogP contribution in [0.25, 0.3) is 22.4 Å². The minimum absolute atomic E-state index is 0.177. The molecule has 6 nitrogen and oxygen atoms in total. The average molecular weight is 372 g/mol. The molecule has 2 heterocycles. The van der Waals surface area contributed by atoms with Gasteiger partial charge in [0, 0.05) is 42.5 Å². The third-order valence-corrected chi connectivity index (χ3v) is 4.73. The maximum Gasteiger partial charge on any atom is 0.267 e. The molecule has 4 rings (SSSR count). The second-order valence-electron chi connectivity index (χ2n) is 6.55. The van der Waals surface area contributed by atoms with Gasteiger partial charge in [-0.1, -0.05) is 30.3 Å². The van der Waals surface area contributed by atoms with Crippen LogP contribution in [0.4, 0.5) is 0 Å². The molecule has 0 amide bonds. The molecule has 0 fully saturated rings. The molecule has 0 N–H and O–H groups in total. The second-order valence-corrected chi connectivity index (χ2v) is 6.55. The lowest BCUT2D eigenvalue weighted by Gasteiger charge is -2.14. The van der Waals surface area contributed by atoms with E-state index in [0.717, 1.165) is 28.1 Å². The summed E-state index contributed by atoms with van der Waals surface area (Å²) in [5, 5.41) is 8.88. The molecule has 0 aliphatic carbocycles. The van der Waals surface area contributed by atoms with Crippen molar-refractivity contribution in [2.24, 2.45) is 14.1 Å². The Labute approximate surface area is 162 Å². The van der Waals surface area contributed by atoms with Crippen LogP contribution in [0.5, 0.6) is 11.5 Å². The normalized spacial score (nSPS) is 10.8. The quantitative estimate of drug-likeness (QED) is 0.544. The van der Waals surface area contributed by atoms with Gasteiger partial charge < -0.3 is 4.74 Å². The number of ether oxygens (including phenoxy) is 1. The molecular weight excluding hydrogens is 352 g/mol. The van der Waals surface area contributed by atoms with Crippen LogP contribution in [-0.2, 0) is 14.1 Å². The number of rotatable bonds is 4. The molecule has 4 aromatic rings. The SMILES string of the molecule is Cc1c(-c2cc(=O)n(C)nc2-c2ccccc2Oc2ccccc2)cnn1C. The summed E-state index contributed by atoms with van der Waals surface area (Å²) >= 11 is 0. The van der Waals surface area contributed by atoms with E-state index in [1.54, 1.807) is 24.0 Å². The number of aromatic nitrogens is 4. The van der Waals surface area contributed by atoms with Crippen LogP contribution in [-0.4, -0.2) is 19.6 Å². The minimum Gasteiger partial charge on any atom is -0.457 e. The Hall–Kier alpha value is -3.67. The molecule has 0 bridgehead atoms. The standard InChI is InChI=1S/C22H20N4O2/c1-15-19(14-23-25(15)2)18-13-21(27)26(3)24-22(18)17-11-7-8-12-20(17)28-16-9-5-4-6-10-16/h4-14H,1-3H3. The molecular formula is C22H20N4O2. The predicted octanol–water partition coefficient (Wildman–Crippen LogP) is 3.95. The molecule has 140 valence electrons. The van der Waals surface area contributed by atoms with E-state index in [0.29, 0.717) is 11.4 Å². The van der Waals surface area contributed by atoms with Gasteiger partial charge in [0.15, 0.2) is 0 Å². The maximum absolute atomic E-state index is 12.3. The van der Waals surface area contributed by atoms with Gasteiger partial charge in [-0.25, -0.2) is 4.68 Å². The van der Waals surface area contributed by atoms with Gasteiger partial charge in [0.25, 0.3) is 5.56 Å². The highest BCUT2D eigenvalue weighted by Gasteiger charge is 2.19. The Balaban J connectivity index is 1.92. The van der Waals surface area contributed by atoms with Crippen molar-refractivity contribution in [3.63, 3.8) is 0 Å². The van der Waals surface area contributed by atoms with E-state index in [-0.39, 0.29) is 5.56 Å². The van der Waals surface area contributed by atoms with Crippen molar-refractivity contribution < 1.29 is 4.74 Å². The molecule has 0 saturated heterocycles. The molecule has 0 aliphatic heterocycles. The summed E-state index contributed by atoms with van der Waals surface area (Å²) < 4.78 is 9.23. The molecule has 0 saturated carbocycles. The van der Waals surface area contributed by atoms with E-state index < -0.39 is 0 Å². The Bertz CT molecular complexity index is 1190. The topological polar surface area (TPSA) is 61.9 Å². The number of hydrogen-bond acceptors (Lipinski definition) is 4. The summed E-state index contributed by atoms with van der Waals surface area (Å²) in [6.07, 6.45) is 1.76. The summed E-state index contributed by atoms with van der Waals surface area (Å²) in [5.74, 6) is 1.40. The van der Waals surface area contributed by atoms with Gasteiger partial charge in [-0.2, -0.15) is 10.2 Å². The van der Waals surface area contributed by atoms with Crippen molar-refractivity contribution in [3.05, 3.63) is 82.9 Å². The van der Waals surface area contributed by atoms with E-state index in [1.807, 2.05) is 68.6 Å². The largest absolute Gasteiger partial charge is 0.457 e. The van der Waals surface area contributed by atoms with E-state index in [1.165, 1.54) is 4.68 Å². The molecule has 0 aliphatic rings. The third-order valence-electron chi connectivity index (χ3n) is 4.73. The maximum atomic E-state index is 12.3. The van der Waals surface area contributed by atoms with Crippen LogP contribution in [0.1, 0.15) is 5.69 Å². The lowest BCUT2D eigenvalue weighted by molar-refractivity contribution is 0.484. The van der Waals surface area contributed by atoms with Crippen LogP contribution in [0, 0.1) is 6.92 Å². The van der Waals surface area contributed by atoms with Crippen molar-refractivity contribution in [1.29, 1.82) is 0 Å². The number of aryl methyl sites for hydroxylation is 2. The monoisotopic (exact) mass is 372 g/mol. The lowest BCUT2D eigenvalue weighted by atomic mass is 10.00. The molecule has 6 heteroatoms. The van der Waals surface area contributed by atoms with Crippen LogP contribution < -0.4 is 10.3 Å². The Morgan fingerprint density at radius 1 is 0.857 bits per heavy atom. The summed E-state index contributed by atoms with van der Waals surface area (Å²) in [7, 11) is 3.52. The highest BCUT2D eigenvalue weighted by atomic mass is 16.5. The fourth-order valence-electron chi connectivity index (χ4n) is 3.07. The molecule has 0 atom stereocenters. The zero-order chi connectivity index (χ0) is 19.7. The molecule has 0 unspecified atom stereocenters. The van der Waals surface area contributed by atoms with Gasteiger partial charge in [0.2, 0.25) is 0 Å². The molecule has 0 spiro atoms. The van der Waals surface area contributed by atoms with Gasteiger partial charge in [0.1, 0.15) is 17.2 Å². The first-order chi connectivity index (χ1) is 13.5. The van der Waals surface area contributed by atoms with E-state index in [9.17, 15) is 4.79 Å². The van der Waals surface area contributed by atoms with Crippen molar-refractivity contribution in [2.75, 3.05) is 0 Å². The fraction of sp³-hybridized carbons (Fsp3) is 0.136. The summed E-state index contributed by atoms with van der Waals surface area (Å²) in [4.78, 5) is 12.3. The molecule has 0 radical (unpaired) electrons. The Morgan fingerprint density at radius 2 is 1.57 bits per heavy atom. The van der Waals surface area contributed by atoms with Crippen LogP contribution in [0.2, 0.25) is 0 Å². The second kappa shape index (κ2) is 7.15. The van der Waals surface area contributed by atoms with E-state index >= 15 is 0 Å². The van der Waals surface area contributed by atoms with Crippen molar-refractivity contribution >= 4 is 0 Å².